The number of imidazole rings is 1. The molecule has 218 valence electrons. The minimum absolute atomic E-state index is 0.0964. The molecule has 0 fully saturated rings. The Morgan fingerprint density at radius 3 is 2.19 bits per heavy atom. The SMILES string of the molecule is CC1=C(C#N)[C@@H](c2ccc(C#N)cc2S(C)(=O)=O)N(S(=O)(=O)c2cn(C)c(C)n2)C(=O)N1c1cccc(C(F)(F)F)c1. The van der Waals surface area contributed by atoms with Gasteiger partial charge in [-0.25, -0.2) is 22.5 Å². The molecule has 1 aliphatic heterocycles. The van der Waals surface area contributed by atoms with E-state index in [0.29, 0.717) is 11.0 Å². The van der Waals surface area contributed by atoms with E-state index in [2.05, 4.69) is 4.98 Å². The number of anilines is 1. The lowest BCUT2D eigenvalue weighted by atomic mass is 9.94. The second-order valence-corrected chi connectivity index (χ2v) is 13.1. The van der Waals surface area contributed by atoms with Crippen LogP contribution in [0, 0.1) is 29.6 Å². The number of carbonyl (C=O) groups excluding carboxylic acids is 1. The molecule has 0 saturated carbocycles. The molecule has 0 radical (unpaired) electrons. The number of nitriles is 2. The van der Waals surface area contributed by atoms with E-state index >= 15 is 0 Å². The molecule has 0 bridgehead atoms. The summed E-state index contributed by atoms with van der Waals surface area (Å²) in [5.74, 6) is 0.228. The van der Waals surface area contributed by atoms with Gasteiger partial charge in [0, 0.05) is 25.2 Å². The number of amides is 2. The molecule has 0 aliphatic carbocycles. The number of hydrogen-bond acceptors (Lipinski definition) is 8. The standard InChI is InChI=1S/C26H21F3N6O5S2/c1-15-21(13-31)24(20-9-8-17(12-30)10-22(20)41(4,37)38)35(42(39,40)23-14-33(3)16(2)32-23)25(36)34(15)19-7-5-6-18(11-19)26(27,28)29/h5-11,14,24H,1-4H3/t24-/m1/s1. The number of halogens is 3. The normalized spacial score (nSPS) is 16.4. The van der Waals surface area contributed by atoms with Crippen LogP contribution in [0.2, 0.25) is 0 Å². The predicted octanol–water partition coefficient (Wildman–Crippen LogP) is 4.19. The van der Waals surface area contributed by atoms with Gasteiger partial charge in [0.25, 0.3) is 10.0 Å². The van der Waals surface area contributed by atoms with Crippen LogP contribution in [0.5, 0.6) is 0 Å². The van der Waals surface area contributed by atoms with Gasteiger partial charge in [-0.05, 0) is 49.7 Å². The Bertz CT molecular complexity index is 1950. The molecular formula is C26H21F3N6O5S2. The summed E-state index contributed by atoms with van der Waals surface area (Å²) in [5, 5.41) is 19.0. The number of rotatable bonds is 5. The third kappa shape index (κ3) is 5.10. The maximum Gasteiger partial charge on any atom is 0.416 e. The number of aromatic nitrogens is 2. The van der Waals surface area contributed by atoms with Crippen LogP contribution in [0.3, 0.4) is 0 Å². The van der Waals surface area contributed by atoms with Crippen LogP contribution in [0.15, 0.2) is 69.9 Å². The van der Waals surface area contributed by atoms with Crippen LogP contribution in [0.25, 0.3) is 0 Å². The molecule has 2 heterocycles. The maximum absolute atomic E-state index is 14.1. The summed E-state index contributed by atoms with van der Waals surface area (Å²) in [7, 11) is -7.69. The van der Waals surface area contributed by atoms with E-state index in [9.17, 15) is 45.3 Å². The fourth-order valence-electron chi connectivity index (χ4n) is 4.48. The molecule has 0 spiro atoms. The molecule has 1 aliphatic rings. The number of allylic oxidation sites excluding steroid dienone is 1. The van der Waals surface area contributed by atoms with E-state index in [1.54, 1.807) is 6.07 Å². The summed E-state index contributed by atoms with van der Waals surface area (Å²) >= 11 is 0. The molecule has 0 unspecified atom stereocenters. The highest BCUT2D eigenvalue weighted by Gasteiger charge is 2.49. The average Bonchev–Trinajstić information content (AvgIpc) is 3.25. The highest BCUT2D eigenvalue weighted by atomic mass is 32.2. The molecule has 0 N–H and O–H groups in total. The Balaban J connectivity index is 2.12. The summed E-state index contributed by atoms with van der Waals surface area (Å²) in [6, 6.07) is 7.14. The molecule has 11 nitrogen and oxygen atoms in total. The number of aryl methyl sites for hydroxylation is 2. The van der Waals surface area contributed by atoms with Crippen molar-refractivity contribution in [2.75, 3.05) is 11.2 Å². The first kappa shape index (κ1) is 30.3. The quantitative estimate of drug-likeness (QED) is 0.412. The minimum Gasteiger partial charge on any atom is -0.337 e. The number of urea groups is 1. The summed E-state index contributed by atoms with van der Waals surface area (Å²) in [6.45, 7) is 2.71. The lowest BCUT2D eigenvalue weighted by Gasteiger charge is -2.41. The van der Waals surface area contributed by atoms with Gasteiger partial charge in [0.05, 0.1) is 39.4 Å². The van der Waals surface area contributed by atoms with Crippen LogP contribution in [-0.2, 0) is 33.1 Å². The number of sulfonamides is 1. The second-order valence-electron chi connectivity index (χ2n) is 9.35. The van der Waals surface area contributed by atoms with E-state index < -0.39 is 59.2 Å². The van der Waals surface area contributed by atoms with Crippen molar-refractivity contribution in [1.82, 2.24) is 13.9 Å². The van der Waals surface area contributed by atoms with Crippen LogP contribution in [-0.4, -0.2) is 43.0 Å². The lowest BCUT2D eigenvalue weighted by Crippen LogP contribution is -2.52. The maximum atomic E-state index is 14.1. The fourth-order valence-corrected chi connectivity index (χ4v) is 6.95. The first-order valence-electron chi connectivity index (χ1n) is 11.8. The Hall–Kier alpha value is -4.67. The van der Waals surface area contributed by atoms with Crippen molar-refractivity contribution in [3.8, 4) is 12.1 Å². The third-order valence-electron chi connectivity index (χ3n) is 6.61. The van der Waals surface area contributed by atoms with Crippen molar-refractivity contribution in [3.05, 3.63) is 82.4 Å². The Labute approximate surface area is 239 Å². The zero-order valence-electron chi connectivity index (χ0n) is 22.4. The zero-order chi connectivity index (χ0) is 31.4. The van der Waals surface area contributed by atoms with Gasteiger partial charge < -0.3 is 4.57 Å². The summed E-state index contributed by atoms with van der Waals surface area (Å²) in [6.07, 6.45) is -2.91. The van der Waals surface area contributed by atoms with Gasteiger partial charge in [-0.15, -0.1) is 0 Å². The molecule has 4 rings (SSSR count). The molecule has 1 aromatic heterocycles. The summed E-state index contributed by atoms with van der Waals surface area (Å²) < 4.78 is 96.0. The predicted molar refractivity (Wildman–Crippen MR) is 142 cm³/mol. The molecular weight excluding hydrogens is 597 g/mol. The van der Waals surface area contributed by atoms with Crippen molar-refractivity contribution in [3.63, 3.8) is 0 Å². The highest BCUT2D eigenvalue weighted by molar-refractivity contribution is 7.91. The topological polar surface area (TPSA) is 157 Å². The number of alkyl halides is 3. The Morgan fingerprint density at radius 1 is 1.00 bits per heavy atom. The van der Waals surface area contributed by atoms with Gasteiger partial charge in [-0.3, -0.25) is 4.90 Å². The van der Waals surface area contributed by atoms with E-state index in [-0.39, 0.29) is 32.6 Å². The van der Waals surface area contributed by atoms with Gasteiger partial charge in [0.15, 0.2) is 14.9 Å². The minimum atomic E-state index is -4.99. The number of benzene rings is 2. The molecule has 1 atom stereocenters. The first-order chi connectivity index (χ1) is 19.4. The molecule has 2 amide bonds. The number of nitrogens with zero attached hydrogens (tertiary/aromatic N) is 6. The summed E-state index contributed by atoms with van der Waals surface area (Å²) in [5.41, 5.74) is -2.62. The number of carbonyl (C=O) groups is 1. The number of hydrogen-bond donors (Lipinski definition) is 0. The highest BCUT2D eigenvalue weighted by Crippen LogP contribution is 2.44. The fraction of sp³-hybridized carbons (Fsp3) is 0.231. The number of sulfone groups is 1. The molecule has 2 aromatic carbocycles. The van der Waals surface area contributed by atoms with Gasteiger partial charge in [0.1, 0.15) is 11.9 Å². The summed E-state index contributed by atoms with van der Waals surface area (Å²) in [4.78, 5) is 18.3. The smallest absolute Gasteiger partial charge is 0.337 e. The van der Waals surface area contributed by atoms with Gasteiger partial charge in [-0.1, -0.05) is 12.1 Å². The van der Waals surface area contributed by atoms with Crippen molar-refractivity contribution < 1.29 is 34.8 Å². The van der Waals surface area contributed by atoms with Gasteiger partial charge >= 0.3 is 12.2 Å². The van der Waals surface area contributed by atoms with Crippen LogP contribution in [0.4, 0.5) is 23.7 Å². The molecule has 3 aromatic rings. The van der Waals surface area contributed by atoms with Gasteiger partial charge in [-0.2, -0.15) is 32.1 Å². The monoisotopic (exact) mass is 618 g/mol. The van der Waals surface area contributed by atoms with Crippen molar-refractivity contribution in [1.29, 1.82) is 10.5 Å². The van der Waals surface area contributed by atoms with Crippen molar-refractivity contribution in [2.24, 2.45) is 7.05 Å². The lowest BCUT2D eigenvalue weighted by molar-refractivity contribution is -0.137. The average molecular weight is 619 g/mol. The van der Waals surface area contributed by atoms with Crippen LogP contribution in [0.1, 0.15) is 35.5 Å². The van der Waals surface area contributed by atoms with E-state index in [4.69, 9.17) is 0 Å². The largest absolute Gasteiger partial charge is 0.416 e. The van der Waals surface area contributed by atoms with Crippen molar-refractivity contribution in [2.45, 2.75) is 36.0 Å². The zero-order valence-corrected chi connectivity index (χ0v) is 24.0. The third-order valence-corrected chi connectivity index (χ3v) is 9.37. The molecule has 42 heavy (non-hydrogen) atoms. The van der Waals surface area contributed by atoms with Gasteiger partial charge in [0.2, 0.25) is 0 Å². The van der Waals surface area contributed by atoms with E-state index in [1.807, 2.05) is 6.07 Å². The Kier molecular flexibility index (Phi) is 7.43. The van der Waals surface area contributed by atoms with Crippen LogP contribution < -0.4 is 4.90 Å². The molecule has 0 saturated heterocycles. The molecule has 16 heteroatoms. The van der Waals surface area contributed by atoms with Crippen molar-refractivity contribution >= 4 is 31.6 Å². The first-order valence-corrected chi connectivity index (χ1v) is 15.2. The van der Waals surface area contributed by atoms with E-state index in [1.165, 1.54) is 31.5 Å². The second kappa shape index (κ2) is 10.3. The Morgan fingerprint density at radius 2 is 1.67 bits per heavy atom. The van der Waals surface area contributed by atoms with Crippen LogP contribution >= 0.6 is 0 Å². The van der Waals surface area contributed by atoms with E-state index in [0.717, 1.165) is 42.8 Å².